The molecule has 226 valence electrons. The van der Waals surface area contributed by atoms with Crippen LogP contribution in [0.2, 0.25) is 0 Å². The monoisotopic (exact) mass is 724 g/mol. The lowest BCUT2D eigenvalue weighted by Gasteiger charge is -2.10. The van der Waals surface area contributed by atoms with Crippen molar-refractivity contribution in [2.75, 3.05) is 23.7 Å². The number of hydrogen-bond acceptors (Lipinski definition) is 8. The lowest BCUT2D eigenvalue weighted by Crippen LogP contribution is -2.34. The summed E-state index contributed by atoms with van der Waals surface area (Å²) in [7, 11) is 0. The Kier molecular flexibility index (Phi) is 11.8. The molecular formula is C30H26Br2N6O6. The molecule has 0 aliphatic heterocycles. The van der Waals surface area contributed by atoms with Crippen molar-refractivity contribution in [3.05, 3.63) is 105 Å². The molecule has 14 heteroatoms. The maximum absolute atomic E-state index is 12.2. The lowest BCUT2D eigenvalue weighted by molar-refractivity contribution is -0.144. The molecule has 0 spiro atoms. The van der Waals surface area contributed by atoms with Crippen molar-refractivity contribution < 1.29 is 28.7 Å². The van der Waals surface area contributed by atoms with Crippen LogP contribution in [-0.4, -0.2) is 47.1 Å². The van der Waals surface area contributed by atoms with Crippen molar-refractivity contribution in [1.29, 1.82) is 0 Å². The van der Waals surface area contributed by atoms with Crippen LogP contribution in [0.15, 0.2) is 94.1 Å². The fourth-order valence-electron chi connectivity index (χ4n) is 3.56. The summed E-state index contributed by atoms with van der Waals surface area (Å²) in [5.74, 6) is -1.23. The Hall–Kier alpha value is -4.82. The molecule has 0 saturated heterocycles. The first-order valence-electron chi connectivity index (χ1n) is 13.1. The van der Waals surface area contributed by atoms with Crippen LogP contribution >= 0.6 is 31.9 Å². The Balaban J connectivity index is 1.20. The highest BCUT2D eigenvalue weighted by molar-refractivity contribution is 9.10. The average Bonchev–Trinajstić information content (AvgIpc) is 3.03. The third-order valence-electron chi connectivity index (χ3n) is 5.70. The smallest absolute Gasteiger partial charge is 0.325 e. The molecule has 0 atom stereocenters. The van der Waals surface area contributed by atoms with Crippen LogP contribution in [0, 0.1) is 0 Å². The molecule has 0 unspecified atom stereocenters. The fourth-order valence-corrected chi connectivity index (χ4v) is 4.09. The molecule has 4 amide bonds. The highest BCUT2D eigenvalue weighted by Crippen LogP contribution is 2.18. The second kappa shape index (κ2) is 16.1. The van der Waals surface area contributed by atoms with E-state index >= 15 is 0 Å². The van der Waals surface area contributed by atoms with Gasteiger partial charge in [0.2, 0.25) is 0 Å². The van der Waals surface area contributed by atoms with Gasteiger partial charge in [-0.05, 0) is 83.9 Å². The van der Waals surface area contributed by atoms with E-state index in [4.69, 9.17) is 9.47 Å². The fraction of sp³-hybridized carbons (Fsp3) is 0.133. The second-order valence-corrected chi connectivity index (χ2v) is 10.9. The molecule has 0 aliphatic rings. The third kappa shape index (κ3) is 10.8. The summed E-state index contributed by atoms with van der Waals surface area (Å²) in [6.45, 7) is -0.698. The normalized spacial score (nSPS) is 10.3. The Morgan fingerprint density at radius 3 is 1.36 bits per heavy atom. The molecule has 4 rings (SSSR count). The number of benzene rings is 2. The van der Waals surface area contributed by atoms with E-state index in [9.17, 15) is 19.2 Å². The van der Waals surface area contributed by atoms with Crippen molar-refractivity contribution in [3.63, 3.8) is 0 Å². The largest absolute Gasteiger partial charge is 0.460 e. The van der Waals surface area contributed by atoms with Crippen LogP contribution in [0.5, 0.6) is 0 Å². The molecule has 4 aromatic rings. The number of carbonyl (C=O) groups excluding carboxylic acids is 4. The minimum absolute atomic E-state index is 0.0376. The predicted molar refractivity (Wildman–Crippen MR) is 169 cm³/mol. The van der Waals surface area contributed by atoms with Crippen molar-refractivity contribution in [1.82, 2.24) is 20.6 Å². The molecule has 0 aliphatic carbocycles. The number of nitrogens with zero attached hydrogens (tertiary/aromatic N) is 2. The number of halogens is 2. The summed E-state index contributed by atoms with van der Waals surface area (Å²) < 4.78 is 12.3. The summed E-state index contributed by atoms with van der Waals surface area (Å²) in [6, 6.07) is 19.7. The van der Waals surface area contributed by atoms with E-state index < -0.39 is 24.0 Å². The van der Waals surface area contributed by atoms with Gasteiger partial charge >= 0.3 is 24.0 Å². The van der Waals surface area contributed by atoms with Crippen molar-refractivity contribution in [2.45, 2.75) is 13.2 Å². The van der Waals surface area contributed by atoms with Gasteiger partial charge in [0, 0.05) is 32.7 Å². The van der Waals surface area contributed by atoms with Crippen LogP contribution in [-0.2, 0) is 32.3 Å². The number of ether oxygens (including phenoxy) is 2. The van der Waals surface area contributed by atoms with Gasteiger partial charge in [-0.15, -0.1) is 0 Å². The van der Waals surface area contributed by atoms with Gasteiger partial charge in [0.1, 0.15) is 26.3 Å². The van der Waals surface area contributed by atoms with E-state index in [0.29, 0.717) is 33.9 Å². The molecular weight excluding hydrogens is 700 g/mol. The predicted octanol–water partition coefficient (Wildman–Crippen LogP) is 5.40. The Bertz CT molecular complexity index is 1500. The van der Waals surface area contributed by atoms with Gasteiger partial charge < -0.3 is 30.7 Å². The second-order valence-electron chi connectivity index (χ2n) is 9.05. The molecule has 4 N–H and O–H groups in total. The third-order valence-corrected chi connectivity index (χ3v) is 6.76. The zero-order valence-corrected chi connectivity index (χ0v) is 26.2. The van der Waals surface area contributed by atoms with Crippen molar-refractivity contribution >= 4 is 67.2 Å². The number of aromatic nitrogens is 2. The van der Waals surface area contributed by atoms with E-state index in [2.05, 4.69) is 63.1 Å². The standard InChI is InChI=1S/C30H26Br2N6O6/c31-21-1-5-23(6-2-21)37-29(41)35-15-27(39)43-17-19-9-11-33-25(13-19)26-14-20(10-12-34-26)18-44-28(40)16-36-30(42)38-24-7-3-22(32)4-8-24/h1-14H,15-18H2,(H2,35,37,41)(H2,36,38,42). The van der Waals surface area contributed by atoms with Gasteiger partial charge in [-0.1, -0.05) is 31.9 Å². The Labute approximate surface area is 269 Å². The quantitative estimate of drug-likeness (QED) is 0.150. The molecule has 12 nitrogen and oxygen atoms in total. The number of nitrogens with one attached hydrogen (secondary N) is 4. The first-order chi connectivity index (χ1) is 21.2. The Morgan fingerprint density at radius 2 is 0.977 bits per heavy atom. The van der Waals surface area contributed by atoms with Crippen LogP contribution in [0.1, 0.15) is 11.1 Å². The van der Waals surface area contributed by atoms with Crippen molar-refractivity contribution in [2.24, 2.45) is 0 Å². The molecule has 2 aromatic heterocycles. The van der Waals surface area contributed by atoms with Crippen LogP contribution in [0.3, 0.4) is 0 Å². The average molecular weight is 726 g/mol. The number of carbonyl (C=O) groups is 4. The highest BCUT2D eigenvalue weighted by atomic mass is 79.9. The summed E-state index contributed by atoms with van der Waals surface area (Å²) in [5, 5.41) is 10.1. The maximum Gasteiger partial charge on any atom is 0.325 e. The summed E-state index contributed by atoms with van der Waals surface area (Å²) in [4.78, 5) is 57.0. The zero-order valence-electron chi connectivity index (χ0n) is 23.0. The molecule has 44 heavy (non-hydrogen) atoms. The lowest BCUT2D eigenvalue weighted by atomic mass is 10.1. The topological polar surface area (TPSA) is 161 Å². The minimum atomic E-state index is -0.614. The van der Waals surface area contributed by atoms with E-state index in [1.807, 2.05) is 0 Å². The summed E-state index contributed by atoms with van der Waals surface area (Å²) in [6.07, 6.45) is 3.11. The van der Waals surface area contributed by atoms with E-state index in [-0.39, 0.29) is 26.3 Å². The van der Waals surface area contributed by atoms with Gasteiger partial charge in [0.25, 0.3) is 0 Å². The Morgan fingerprint density at radius 1 is 0.591 bits per heavy atom. The van der Waals surface area contributed by atoms with E-state index in [1.165, 1.54) is 0 Å². The van der Waals surface area contributed by atoms with Crippen LogP contribution in [0.4, 0.5) is 21.0 Å². The number of rotatable bonds is 11. The van der Waals surface area contributed by atoms with Gasteiger partial charge in [0.05, 0.1) is 11.4 Å². The van der Waals surface area contributed by atoms with E-state index in [0.717, 1.165) is 8.95 Å². The summed E-state index contributed by atoms with van der Waals surface area (Å²) in [5.41, 5.74) is 3.51. The number of amides is 4. The van der Waals surface area contributed by atoms with Crippen molar-refractivity contribution in [3.8, 4) is 11.4 Å². The maximum atomic E-state index is 12.2. The summed E-state index contributed by atoms with van der Waals surface area (Å²) >= 11 is 6.64. The molecule has 0 bridgehead atoms. The molecule has 2 aromatic carbocycles. The first-order valence-corrected chi connectivity index (χ1v) is 14.6. The number of anilines is 2. The molecule has 0 saturated carbocycles. The van der Waals surface area contributed by atoms with Gasteiger partial charge in [-0.3, -0.25) is 19.6 Å². The van der Waals surface area contributed by atoms with Gasteiger partial charge in [-0.25, -0.2) is 9.59 Å². The first kappa shape index (κ1) is 32.1. The van der Waals surface area contributed by atoms with E-state index in [1.54, 1.807) is 85.2 Å². The van der Waals surface area contributed by atoms with Crippen LogP contribution in [0.25, 0.3) is 11.4 Å². The number of urea groups is 2. The molecule has 0 fully saturated rings. The minimum Gasteiger partial charge on any atom is -0.460 e. The molecule has 0 radical (unpaired) electrons. The van der Waals surface area contributed by atoms with Gasteiger partial charge in [0.15, 0.2) is 0 Å². The van der Waals surface area contributed by atoms with Crippen LogP contribution < -0.4 is 21.3 Å². The number of hydrogen-bond donors (Lipinski definition) is 4. The van der Waals surface area contributed by atoms with Gasteiger partial charge in [-0.2, -0.15) is 0 Å². The highest BCUT2D eigenvalue weighted by Gasteiger charge is 2.11. The number of esters is 2. The number of pyridine rings is 2. The zero-order chi connectivity index (χ0) is 31.3. The molecule has 2 heterocycles. The SMILES string of the molecule is O=C(NCC(=O)OCc1ccnc(-c2cc(COC(=O)CNC(=O)Nc3ccc(Br)cc3)ccn2)c1)Nc1ccc(Br)cc1.